The van der Waals surface area contributed by atoms with Crippen LogP contribution in [0.4, 0.5) is 0 Å². The zero-order chi connectivity index (χ0) is 16.1. The number of rotatable bonds is 6. The normalized spacial score (nSPS) is 19.3. The van der Waals surface area contributed by atoms with E-state index in [1.807, 2.05) is 30.3 Å². The number of ether oxygens (including phenoxy) is 1. The first-order valence-electron chi connectivity index (χ1n) is 8.15. The highest BCUT2D eigenvalue weighted by Crippen LogP contribution is 2.21. The van der Waals surface area contributed by atoms with Gasteiger partial charge in [0, 0.05) is 31.0 Å². The summed E-state index contributed by atoms with van der Waals surface area (Å²) in [5.41, 5.74) is 1.06. The summed E-state index contributed by atoms with van der Waals surface area (Å²) in [6, 6.07) is 10.1. The van der Waals surface area contributed by atoms with E-state index in [9.17, 15) is 0 Å². The minimum Gasteiger partial charge on any atom is -0.375 e. The van der Waals surface area contributed by atoms with Crippen molar-refractivity contribution in [1.29, 1.82) is 0 Å². The molecule has 0 unspecified atom stereocenters. The van der Waals surface area contributed by atoms with E-state index in [-0.39, 0.29) is 6.10 Å². The van der Waals surface area contributed by atoms with Gasteiger partial charge >= 0.3 is 0 Å². The number of nitrogens with zero attached hydrogens (tertiary/aromatic N) is 3. The Morgan fingerprint density at radius 2 is 2.17 bits per heavy atom. The molecule has 1 aliphatic rings. The number of thioether (sulfide) groups is 1. The number of benzene rings is 1. The van der Waals surface area contributed by atoms with Crippen LogP contribution in [0.2, 0.25) is 0 Å². The summed E-state index contributed by atoms with van der Waals surface area (Å²) >= 11 is 1.66. The van der Waals surface area contributed by atoms with Crippen molar-refractivity contribution >= 4 is 11.8 Å². The Hall–Kier alpha value is -1.37. The van der Waals surface area contributed by atoms with Crippen LogP contribution in [0.15, 0.2) is 35.5 Å². The molecule has 1 aromatic carbocycles. The summed E-state index contributed by atoms with van der Waals surface area (Å²) in [5.74, 6) is 2.41. The van der Waals surface area contributed by atoms with Gasteiger partial charge < -0.3 is 4.74 Å². The molecule has 23 heavy (non-hydrogen) atoms. The van der Waals surface area contributed by atoms with Crippen molar-refractivity contribution in [1.82, 2.24) is 20.1 Å². The zero-order valence-electron chi connectivity index (χ0n) is 13.7. The number of hydrogen-bond acceptors (Lipinski definition) is 5. The molecule has 0 radical (unpaired) electrons. The van der Waals surface area contributed by atoms with E-state index in [4.69, 9.17) is 4.74 Å². The molecule has 1 fully saturated rings. The molecule has 3 rings (SSSR count). The Labute approximate surface area is 141 Å². The molecule has 6 heteroatoms. The van der Waals surface area contributed by atoms with Crippen LogP contribution in [0, 0.1) is 5.92 Å². The summed E-state index contributed by atoms with van der Waals surface area (Å²) < 4.78 is 5.87. The first kappa shape index (κ1) is 16.5. The predicted octanol–water partition coefficient (Wildman–Crippen LogP) is 2.92. The van der Waals surface area contributed by atoms with E-state index in [0.717, 1.165) is 48.5 Å². The molecule has 5 nitrogen and oxygen atoms in total. The summed E-state index contributed by atoms with van der Waals surface area (Å²) in [5, 5.41) is 8.10. The molecule has 2 heterocycles. The van der Waals surface area contributed by atoms with Gasteiger partial charge in [0.05, 0.1) is 12.7 Å². The van der Waals surface area contributed by atoms with Gasteiger partial charge in [-0.1, -0.05) is 55.9 Å². The standard InChI is InChI=1S/C17H24N4OS/c1-13(2)10-21-8-9-22-15(11-21)12-23-17-18-16(19-20-17)14-6-4-3-5-7-14/h3-7,13,15H,8-12H2,1-2H3,(H,18,19,20)/t15-/m1/s1. The Morgan fingerprint density at radius 1 is 1.35 bits per heavy atom. The predicted molar refractivity (Wildman–Crippen MR) is 93.6 cm³/mol. The number of aromatic nitrogens is 3. The Bertz CT molecular complexity index is 602. The number of H-pyrrole nitrogens is 1. The third-order valence-corrected chi connectivity index (χ3v) is 4.74. The third kappa shape index (κ3) is 4.80. The van der Waals surface area contributed by atoms with E-state index in [2.05, 4.69) is 33.9 Å². The average molecular weight is 332 g/mol. The zero-order valence-corrected chi connectivity index (χ0v) is 14.6. The van der Waals surface area contributed by atoms with Crippen molar-refractivity contribution in [2.24, 2.45) is 5.92 Å². The van der Waals surface area contributed by atoms with Gasteiger partial charge in [-0.2, -0.15) is 0 Å². The van der Waals surface area contributed by atoms with Crippen molar-refractivity contribution in [3.05, 3.63) is 30.3 Å². The molecule has 0 spiro atoms. The fourth-order valence-electron chi connectivity index (χ4n) is 2.77. The molecule has 2 aromatic rings. The maximum atomic E-state index is 5.87. The fraction of sp³-hybridized carbons (Fsp3) is 0.529. The maximum absolute atomic E-state index is 5.87. The molecule has 1 N–H and O–H groups in total. The summed E-state index contributed by atoms with van der Waals surface area (Å²) in [6.45, 7) is 8.53. The van der Waals surface area contributed by atoms with Crippen LogP contribution in [0.1, 0.15) is 13.8 Å². The first-order valence-corrected chi connectivity index (χ1v) is 9.14. The monoisotopic (exact) mass is 332 g/mol. The number of morpholine rings is 1. The SMILES string of the molecule is CC(C)CN1CCO[C@@H](CSc2n[nH]c(-c3ccccc3)n2)C1. The Morgan fingerprint density at radius 3 is 2.96 bits per heavy atom. The first-order chi connectivity index (χ1) is 11.2. The van der Waals surface area contributed by atoms with Crippen LogP contribution >= 0.6 is 11.8 Å². The van der Waals surface area contributed by atoms with Crippen LogP contribution in [0.3, 0.4) is 0 Å². The second-order valence-electron chi connectivity index (χ2n) is 6.29. The van der Waals surface area contributed by atoms with Crippen molar-refractivity contribution in [3.8, 4) is 11.4 Å². The molecule has 0 bridgehead atoms. The molecule has 0 saturated carbocycles. The van der Waals surface area contributed by atoms with E-state index in [0.29, 0.717) is 5.92 Å². The second-order valence-corrected chi connectivity index (χ2v) is 7.28. The number of hydrogen-bond donors (Lipinski definition) is 1. The van der Waals surface area contributed by atoms with Gasteiger partial charge in [-0.3, -0.25) is 10.00 Å². The Kier molecular flexibility index (Phi) is 5.70. The minimum atomic E-state index is 0.256. The lowest BCUT2D eigenvalue weighted by Gasteiger charge is -2.33. The van der Waals surface area contributed by atoms with Crippen molar-refractivity contribution in [2.75, 3.05) is 32.0 Å². The van der Waals surface area contributed by atoms with Crippen molar-refractivity contribution in [3.63, 3.8) is 0 Å². The minimum absolute atomic E-state index is 0.256. The number of nitrogens with one attached hydrogen (secondary N) is 1. The van der Waals surface area contributed by atoms with E-state index in [1.165, 1.54) is 0 Å². The van der Waals surface area contributed by atoms with Crippen molar-refractivity contribution in [2.45, 2.75) is 25.1 Å². The molecular formula is C17H24N4OS. The van der Waals surface area contributed by atoms with E-state index < -0.39 is 0 Å². The smallest absolute Gasteiger partial charge is 0.208 e. The number of aromatic amines is 1. The largest absolute Gasteiger partial charge is 0.375 e. The molecule has 0 aliphatic carbocycles. The lowest BCUT2D eigenvalue weighted by molar-refractivity contribution is -0.0191. The summed E-state index contributed by atoms with van der Waals surface area (Å²) in [6.07, 6.45) is 0.256. The lowest BCUT2D eigenvalue weighted by atomic mass is 10.2. The average Bonchev–Trinajstić information content (AvgIpc) is 3.02. The summed E-state index contributed by atoms with van der Waals surface area (Å²) in [4.78, 5) is 7.05. The van der Waals surface area contributed by atoms with Gasteiger partial charge in [0.1, 0.15) is 0 Å². The highest BCUT2D eigenvalue weighted by molar-refractivity contribution is 7.99. The molecular weight excluding hydrogens is 308 g/mol. The van der Waals surface area contributed by atoms with Gasteiger partial charge in [0.2, 0.25) is 5.16 Å². The third-order valence-electron chi connectivity index (χ3n) is 3.76. The maximum Gasteiger partial charge on any atom is 0.208 e. The van der Waals surface area contributed by atoms with Crippen LogP contribution in [0.5, 0.6) is 0 Å². The van der Waals surface area contributed by atoms with Crippen LogP contribution in [-0.4, -0.2) is 58.2 Å². The molecule has 1 aromatic heterocycles. The van der Waals surface area contributed by atoms with Crippen LogP contribution in [0.25, 0.3) is 11.4 Å². The molecule has 0 amide bonds. The van der Waals surface area contributed by atoms with E-state index >= 15 is 0 Å². The molecule has 1 aliphatic heterocycles. The van der Waals surface area contributed by atoms with Gasteiger partial charge in [-0.05, 0) is 5.92 Å². The molecule has 124 valence electrons. The van der Waals surface area contributed by atoms with Crippen LogP contribution in [-0.2, 0) is 4.74 Å². The second kappa shape index (κ2) is 7.95. The van der Waals surface area contributed by atoms with Gasteiger partial charge in [-0.25, -0.2) is 4.98 Å². The topological polar surface area (TPSA) is 54.0 Å². The fourth-order valence-corrected chi connectivity index (χ4v) is 3.57. The molecule has 1 atom stereocenters. The Balaban J connectivity index is 1.51. The summed E-state index contributed by atoms with van der Waals surface area (Å²) in [7, 11) is 0. The van der Waals surface area contributed by atoms with Gasteiger partial charge in [0.15, 0.2) is 5.82 Å². The lowest BCUT2D eigenvalue weighted by Crippen LogP contribution is -2.44. The van der Waals surface area contributed by atoms with Crippen molar-refractivity contribution < 1.29 is 4.74 Å². The van der Waals surface area contributed by atoms with Gasteiger partial charge in [0.25, 0.3) is 0 Å². The highest BCUT2D eigenvalue weighted by Gasteiger charge is 2.21. The van der Waals surface area contributed by atoms with E-state index in [1.54, 1.807) is 11.8 Å². The van der Waals surface area contributed by atoms with Gasteiger partial charge in [-0.15, -0.1) is 5.10 Å². The highest BCUT2D eigenvalue weighted by atomic mass is 32.2. The molecule has 1 saturated heterocycles. The van der Waals surface area contributed by atoms with Crippen LogP contribution < -0.4 is 0 Å². The quantitative estimate of drug-likeness (QED) is 0.824.